The Labute approximate surface area is 132 Å². The van der Waals surface area contributed by atoms with Gasteiger partial charge in [0.2, 0.25) is 0 Å². The summed E-state index contributed by atoms with van der Waals surface area (Å²) in [5.41, 5.74) is 1.50. The lowest BCUT2D eigenvalue weighted by molar-refractivity contribution is 0.194. The highest BCUT2D eigenvalue weighted by Gasteiger charge is 2.11. The third kappa shape index (κ3) is 4.12. The Hall–Kier alpha value is -2.25. The fourth-order valence-electron chi connectivity index (χ4n) is 1.83. The summed E-state index contributed by atoms with van der Waals surface area (Å²) in [6.45, 7) is 0.0607. The molecule has 3 N–H and O–H groups in total. The number of benzene rings is 1. The van der Waals surface area contributed by atoms with Gasteiger partial charge in [-0.05, 0) is 29.8 Å². The molecule has 1 amide bonds. The van der Waals surface area contributed by atoms with E-state index >= 15 is 0 Å². The van der Waals surface area contributed by atoms with Gasteiger partial charge in [0.25, 0.3) is 0 Å². The van der Waals surface area contributed by atoms with Crippen LogP contribution in [0.4, 0.5) is 4.79 Å². The zero-order valence-corrected chi connectivity index (χ0v) is 12.8. The van der Waals surface area contributed by atoms with Gasteiger partial charge >= 0.3 is 6.09 Å². The molecule has 22 heavy (non-hydrogen) atoms. The lowest BCUT2D eigenvalue weighted by atomic mass is 10.2. The first kappa shape index (κ1) is 16.1. The molecular formula is C15H16N2O4S. The molecule has 1 aromatic heterocycles. The van der Waals surface area contributed by atoms with E-state index in [0.29, 0.717) is 10.8 Å². The van der Waals surface area contributed by atoms with Crippen LogP contribution in [-0.2, 0) is 13.2 Å². The third-order valence-corrected chi connectivity index (χ3v) is 4.10. The van der Waals surface area contributed by atoms with E-state index in [1.54, 1.807) is 37.6 Å². The molecule has 2 aromatic rings. The van der Waals surface area contributed by atoms with E-state index in [9.17, 15) is 9.90 Å². The molecule has 1 heterocycles. The zero-order chi connectivity index (χ0) is 15.9. The molecular weight excluding hydrogens is 304 g/mol. The largest absolute Gasteiger partial charge is 0.497 e. The average molecular weight is 320 g/mol. The van der Waals surface area contributed by atoms with Crippen molar-refractivity contribution in [1.82, 2.24) is 10.3 Å². The molecule has 0 saturated carbocycles. The topological polar surface area (TPSA) is 91.7 Å². The Balaban J connectivity index is 2.30. The molecule has 0 unspecified atom stereocenters. The number of hydrogen-bond acceptors (Lipinski definition) is 5. The molecule has 6 nitrogen and oxygen atoms in total. The van der Waals surface area contributed by atoms with Crippen LogP contribution in [0.15, 0.2) is 46.5 Å². The van der Waals surface area contributed by atoms with E-state index in [2.05, 4.69) is 10.3 Å². The van der Waals surface area contributed by atoms with Crippen LogP contribution in [0.1, 0.15) is 11.1 Å². The van der Waals surface area contributed by atoms with Gasteiger partial charge in [0, 0.05) is 23.2 Å². The van der Waals surface area contributed by atoms with Gasteiger partial charge in [-0.3, -0.25) is 0 Å². The van der Waals surface area contributed by atoms with Crippen LogP contribution in [-0.4, -0.2) is 28.4 Å². The van der Waals surface area contributed by atoms with Gasteiger partial charge in [0.15, 0.2) is 0 Å². The summed E-state index contributed by atoms with van der Waals surface area (Å²) < 4.78 is 5.17. The summed E-state index contributed by atoms with van der Waals surface area (Å²) in [7, 11) is 1.55. The molecule has 0 aliphatic carbocycles. The monoisotopic (exact) mass is 320 g/mol. The van der Waals surface area contributed by atoms with E-state index in [-0.39, 0.29) is 13.2 Å². The Bertz CT molecular complexity index is 664. The maximum Gasteiger partial charge on any atom is 0.404 e. The first-order valence-electron chi connectivity index (χ1n) is 6.50. The molecule has 0 aliphatic heterocycles. The quantitative estimate of drug-likeness (QED) is 0.757. The van der Waals surface area contributed by atoms with Gasteiger partial charge in [-0.2, -0.15) is 0 Å². The second kappa shape index (κ2) is 7.67. The van der Waals surface area contributed by atoms with Crippen molar-refractivity contribution in [2.75, 3.05) is 7.11 Å². The average Bonchev–Trinajstić information content (AvgIpc) is 2.54. The Morgan fingerprint density at radius 2 is 2.18 bits per heavy atom. The van der Waals surface area contributed by atoms with Crippen molar-refractivity contribution in [2.45, 2.75) is 23.1 Å². The predicted octanol–water partition coefficient (Wildman–Crippen LogP) is 2.50. The number of hydrogen-bond donors (Lipinski definition) is 3. The molecule has 0 saturated heterocycles. The summed E-state index contributed by atoms with van der Waals surface area (Å²) in [6.07, 6.45) is 0.563. The van der Waals surface area contributed by atoms with E-state index < -0.39 is 6.09 Å². The fourth-order valence-corrected chi connectivity index (χ4v) is 2.82. The SMILES string of the molecule is COc1ccc(Sc2ncccc2CO)c(CNC(=O)O)c1. The normalized spacial score (nSPS) is 10.3. The van der Waals surface area contributed by atoms with E-state index in [1.807, 2.05) is 6.07 Å². The maximum absolute atomic E-state index is 10.7. The lowest BCUT2D eigenvalue weighted by Gasteiger charge is -2.12. The minimum atomic E-state index is -1.09. The smallest absolute Gasteiger partial charge is 0.404 e. The minimum Gasteiger partial charge on any atom is -0.497 e. The summed E-state index contributed by atoms with van der Waals surface area (Å²) in [4.78, 5) is 15.8. The third-order valence-electron chi connectivity index (χ3n) is 2.92. The number of aliphatic hydroxyl groups excluding tert-OH is 1. The highest BCUT2D eigenvalue weighted by molar-refractivity contribution is 7.99. The lowest BCUT2D eigenvalue weighted by Crippen LogP contribution is -2.20. The number of carboxylic acid groups (broad SMARTS) is 1. The minimum absolute atomic E-state index is 0.102. The predicted molar refractivity (Wildman–Crippen MR) is 82.1 cm³/mol. The highest BCUT2D eigenvalue weighted by atomic mass is 32.2. The summed E-state index contributed by atoms with van der Waals surface area (Å²) in [5, 5.41) is 21.2. The molecule has 0 bridgehead atoms. The molecule has 0 spiro atoms. The molecule has 7 heteroatoms. The molecule has 0 fully saturated rings. The van der Waals surface area contributed by atoms with Crippen molar-refractivity contribution in [1.29, 1.82) is 0 Å². The summed E-state index contributed by atoms with van der Waals surface area (Å²) in [5.74, 6) is 0.648. The van der Waals surface area contributed by atoms with Gasteiger partial charge in [0.05, 0.1) is 13.7 Å². The number of amides is 1. The number of ether oxygens (including phenoxy) is 1. The van der Waals surface area contributed by atoms with E-state index in [1.165, 1.54) is 11.8 Å². The van der Waals surface area contributed by atoms with Crippen molar-refractivity contribution in [2.24, 2.45) is 0 Å². The maximum atomic E-state index is 10.7. The molecule has 0 atom stereocenters. The van der Waals surface area contributed by atoms with Crippen LogP contribution in [0.2, 0.25) is 0 Å². The molecule has 116 valence electrons. The van der Waals surface area contributed by atoms with Gasteiger partial charge in [-0.15, -0.1) is 0 Å². The van der Waals surface area contributed by atoms with Gasteiger partial charge in [-0.25, -0.2) is 9.78 Å². The number of rotatable bonds is 6. The fraction of sp³-hybridized carbons (Fsp3) is 0.200. The summed E-state index contributed by atoms with van der Waals surface area (Å²) >= 11 is 1.38. The second-order valence-electron chi connectivity index (χ2n) is 4.36. The number of carbonyl (C=O) groups is 1. The van der Waals surface area contributed by atoms with Crippen molar-refractivity contribution in [3.8, 4) is 5.75 Å². The van der Waals surface area contributed by atoms with Gasteiger partial charge < -0.3 is 20.3 Å². The molecule has 0 radical (unpaired) electrons. The summed E-state index contributed by atoms with van der Waals surface area (Å²) in [6, 6.07) is 8.98. The highest BCUT2D eigenvalue weighted by Crippen LogP contribution is 2.33. The van der Waals surface area contributed by atoms with Crippen LogP contribution in [0.25, 0.3) is 0 Å². The second-order valence-corrected chi connectivity index (χ2v) is 5.39. The number of aromatic nitrogens is 1. The van der Waals surface area contributed by atoms with Crippen molar-refractivity contribution in [3.63, 3.8) is 0 Å². The number of aliphatic hydroxyl groups is 1. The standard InChI is InChI=1S/C15H16N2O4S/c1-21-12-4-5-13(11(7-12)8-17-15(19)20)22-14-10(9-18)3-2-6-16-14/h2-7,17-18H,8-9H2,1H3,(H,19,20). The van der Waals surface area contributed by atoms with Crippen LogP contribution in [0, 0.1) is 0 Å². The molecule has 2 rings (SSSR count). The van der Waals surface area contributed by atoms with Crippen LogP contribution in [0.5, 0.6) is 5.75 Å². The Kier molecular flexibility index (Phi) is 5.62. The molecule has 0 aliphatic rings. The number of pyridine rings is 1. The first-order chi connectivity index (χ1) is 10.6. The van der Waals surface area contributed by atoms with Gasteiger partial charge in [-0.1, -0.05) is 17.8 Å². The van der Waals surface area contributed by atoms with E-state index in [4.69, 9.17) is 9.84 Å². The van der Waals surface area contributed by atoms with Crippen LogP contribution >= 0.6 is 11.8 Å². The van der Waals surface area contributed by atoms with Crippen LogP contribution < -0.4 is 10.1 Å². The van der Waals surface area contributed by atoms with Crippen molar-refractivity contribution < 1.29 is 19.7 Å². The Morgan fingerprint density at radius 3 is 2.86 bits per heavy atom. The Morgan fingerprint density at radius 1 is 1.36 bits per heavy atom. The first-order valence-corrected chi connectivity index (χ1v) is 7.32. The number of nitrogens with one attached hydrogen (secondary N) is 1. The number of methoxy groups -OCH3 is 1. The van der Waals surface area contributed by atoms with Crippen LogP contribution in [0.3, 0.4) is 0 Å². The number of nitrogens with zero attached hydrogens (tertiary/aromatic N) is 1. The molecule has 1 aromatic carbocycles. The van der Waals surface area contributed by atoms with E-state index in [0.717, 1.165) is 16.0 Å². The zero-order valence-electron chi connectivity index (χ0n) is 11.9. The van der Waals surface area contributed by atoms with Crippen molar-refractivity contribution >= 4 is 17.9 Å². The van der Waals surface area contributed by atoms with Gasteiger partial charge in [0.1, 0.15) is 10.8 Å². The van der Waals surface area contributed by atoms with Crippen molar-refractivity contribution in [3.05, 3.63) is 47.7 Å².